The Morgan fingerprint density at radius 3 is 2.57 bits per heavy atom. The molecule has 0 radical (unpaired) electrons. The number of nitrogens with two attached hydrogens (primary N) is 1. The molecular weight excluding hydrogens is 312 g/mol. The van der Waals surface area contributed by atoms with Gasteiger partial charge in [-0.1, -0.05) is 23.7 Å². The number of hydrogen-bond acceptors (Lipinski definition) is 4. The van der Waals surface area contributed by atoms with Crippen molar-refractivity contribution in [3.05, 3.63) is 53.1 Å². The summed E-state index contributed by atoms with van der Waals surface area (Å²) in [5, 5.41) is 0.232. The van der Waals surface area contributed by atoms with Gasteiger partial charge in [0.25, 0.3) is 10.0 Å². The third kappa shape index (κ3) is 3.53. The van der Waals surface area contributed by atoms with E-state index in [0.717, 1.165) is 0 Å². The summed E-state index contributed by atoms with van der Waals surface area (Å²) < 4.78 is 27.0. The zero-order valence-electron chi connectivity index (χ0n) is 11.1. The van der Waals surface area contributed by atoms with E-state index in [1.807, 2.05) is 0 Å². The van der Waals surface area contributed by atoms with Gasteiger partial charge in [-0.3, -0.25) is 9.52 Å². The predicted molar refractivity (Wildman–Crippen MR) is 83.1 cm³/mol. The maximum absolute atomic E-state index is 12.3. The van der Waals surface area contributed by atoms with Crippen molar-refractivity contribution in [1.29, 1.82) is 0 Å². The van der Waals surface area contributed by atoms with Gasteiger partial charge in [0.05, 0.1) is 15.6 Å². The molecule has 0 saturated carbocycles. The zero-order valence-corrected chi connectivity index (χ0v) is 12.7. The molecule has 0 unspecified atom stereocenters. The summed E-state index contributed by atoms with van der Waals surface area (Å²) in [6.45, 7) is 1.37. The van der Waals surface area contributed by atoms with Crippen molar-refractivity contribution in [3.63, 3.8) is 0 Å². The maximum atomic E-state index is 12.3. The van der Waals surface area contributed by atoms with Crippen LogP contribution < -0.4 is 10.5 Å². The molecule has 21 heavy (non-hydrogen) atoms. The highest BCUT2D eigenvalue weighted by molar-refractivity contribution is 7.92. The van der Waals surface area contributed by atoms with Crippen LogP contribution >= 0.6 is 11.6 Å². The van der Waals surface area contributed by atoms with E-state index in [-0.39, 0.29) is 21.4 Å². The lowest BCUT2D eigenvalue weighted by molar-refractivity contribution is 0.101. The van der Waals surface area contributed by atoms with Crippen LogP contribution in [0.2, 0.25) is 5.02 Å². The lowest BCUT2D eigenvalue weighted by atomic mass is 10.2. The third-order valence-electron chi connectivity index (χ3n) is 2.79. The molecule has 2 aromatic rings. The number of carbonyl (C=O) groups excluding carboxylic acids is 1. The molecule has 0 fully saturated rings. The summed E-state index contributed by atoms with van der Waals surface area (Å²) in [6, 6.07) is 10.3. The van der Waals surface area contributed by atoms with Crippen molar-refractivity contribution in [2.24, 2.45) is 0 Å². The Labute approximate surface area is 127 Å². The second-order valence-electron chi connectivity index (χ2n) is 4.43. The minimum atomic E-state index is -3.85. The van der Waals surface area contributed by atoms with Crippen molar-refractivity contribution in [2.45, 2.75) is 11.8 Å². The minimum absolute atomic E-state index is 0.0197. The number of benzene rings is 2. The number of carbonyl (C=O) groups is 1. The maximum Gasteiger partial charge on any atom is 0.261 e. The van der Waals surface area contributed by atoms with Gasteiger partial charge in [0, 0.05) is 11.3 Å². The highest BCUT2D eigenvalue weighted by Gasteiger charge is 2.17. The van der Waals surface area contributed by atoms with Crippen LogP contribution in [-0.4, -0.2) is 14.2 Å². The summed E-state index contributed by atoms with van der Waals surface area (Å²) >= 11 is 5.93. The second kappa shape index (κ2) is 5.75. The Morgan fingerprint density at radius 1 is 1.19 bits per heavy atom. The fourth-order valence-corrected chi connectivity index (χ4v) is 3.04. The molecule has 2 aromatic carbocycles. The molecule has 5 nitrogen and oxygen atoms in total. The van der Waals surface area contributed by atoms with Gasteiger partial charge < -0.3 is 5.73 Å². The van der Waals surface area contributed by atoms with E-state index in [1.54, 1.807) is 12.1 Å². The quantitative estimate of drug-likeness (QED) is 0.668. The fraction of sp³-hybridized carbons (Fsp3) is 0.0714. The van der Waals surface area contributed by atoms with E-state index in [2.05, 4.69) is 4.72 Å². The molecule has 0 aromatic heterocycles. The smallest absolute Gasteiger partial charge is 0.261 e. The monoisotopic (exact) mass is 324 g/mol. The van der Waals surface area contributed by atoms with Crippen LogP contribution in [0.15, 0.2) is 47.4 Å². The average Bonchev–Trinajstić information content (AvgIpc) is 2.43. The van der Waals surface area contributed by atoms with Crippen LogP contribution in [0.3, 0.4) is 0 Å². The van der Waals surface area contributed by atoms with Crippen molar-refractivity contribution in [2.75, 3.05) is 10.5 Å². The van der Waals surface area contributed by atoms with E-state index in [0.29, 0.717) is 11.3 Å². The molecule has 3 N–H and O–H groups in total. The van der Waals surface area contributed by atoms with Crippen molar-refractivity contribution in [1.82, 2.24) is 0 Å². The number of hydrogen-bond donors (Lipinski definition) is 2. The highest BCUT2D eigenvalue weighted by atomic mass is 35.5. The normalized spacial score (nSPS) is 11.1. The van der Waals surface area contributed by atoms with Crippen LogP contribution in [0.5, 0.6) is 0 Å². The zero-order chi connectivity index (χ0) is 15.6. The molecule has 0 aliphatic rings. The van der Waals surface area contributed by atoms with Gasteiger partial charge in [-0.05, 0) is 37.3 Å². The van der Waals surface area contributed by atoms with E-state index < -0.39 is 10.0 Å². The Balaban J connectivity index is 2.41. The van der Waals surface area contributed by atoms with Crippen LogP contribution in [0.25, 0.3) is 0 Å². The number of nitrogen functional groups attached to an aromatic ring is 1. The number of anilines is 2. The SMILES string of the molecule is CC(=O)c1cccc(S(=O)(=O)Nc2cc(N)ccc2Cl)c1. The van der Waals surface area contributed by atoms with Gasteiger partial charge in [-0.2, -0.15) is 0 Å². The largest absolute Gasteiger partial charge is 0.399 e. The molecular formula is C14H13ClN2O3S. The number of ketones is 1. The van der Waals surface area contributed by atoms with Gasteiger partial charge in [0.15, 0.2) is 5.78 Å². The first kappa shape index (κ1) is 15.3. The molecule has 0 atom stereocenters. The molecule has 0 heterocycles. The van der Waals surface area contributed by atoms with E-state index in [9.17, 15) is 13.2 Å². The van der Waals surface area contributed by atoms with Crippen molar-refractivity contribution in [3.8, 4) is 0 Å². The lowest BCUT2D eigenvalue weighted by Gasteiger charge is -2.11. The molecule has 0 saturated heterocycles. The van der Waals surface area contributed by atoms with Gasteiger partial charge in [-0.25, -0.2) is 8.42 Å². The number of halogens is 1. The summed E-state index contributed by atoms with van der Waals surface area (Å²) in [5.41, 5.74) is 6.50. The summed E-state index contributed by atoms with van der Waals surface area (Å²) in [5.74, 6) is -0.214. The number of sulfonamides is 1. The number of rotatable bonds is 4. The van der Waals surface area contributed by atoms with E-state index in [4.69, 9.17) is 17.3 Å². The summed E-state index contributed by atoms with van der Waals surface area (Å²) in [6.07, 6.45) is 0. The highest BCUT2D eigenvalue weighted by Crippen LogP contribution is 2.26. The number of Topliss-reactive ketones (excluding diaryl/α,β-unsaturated/α-hetero) is 1. The molecule has 0 aliphatic carbocycles. The van der Waals surface area contributed by atoms with Gasteiger partial charge >= 0.3 is 0 Å². The molecule has 7 heteroatoms. The standard InChI is InChI=1S/C14H13ClN2O3S/c1-9(18)10-3-2-4-12(7-10)21(19,20)17-14-8-11(16)5-6-13(14)15/h2-8,17H,16H2,1H3. The first-order valence-electron chi connectivity index (χ1n) is 5.98. The number of nitrogens with one attached hydrogen (secondary N) is 1. The Hall–Kier alpha value is -2.05. The molecule has 2 rings (SSSR count). The fourth-order valence-electron chi connectivity index (χ4n) is 1.71. The lowest BCUT2D eigenvalue weighted by Crippen LogP contribution is -2.14. The topological polar surface area (TPSA) is 89.3 Å². The minimum Gasteiger partial charge on any atom is -0.399 e. The van der Waals surface area contributed by atoms with Gasteiger partial charge in [0.1, 0.15) is 0 Å². The van der Waals surface area contributed by atoms with Crippen LogP contribution in [0.1, 0.15) is 17.3 Å². The van der Waals surface area contributed by atoms with E-state index >= 15 is 0 Å². The molecule has 0 bridgehead atoms. The van der Waals surface area contributed by atoms with Gasteiger partial charge in [-0.15, -0.1) is 0 Å². The van der Waals surface area contributed by atoms with Crippen LogP contribution in [0.4, 0.5) is 11.4 Å². The van der Waals surface area contributed by atoms with Crippen molar-refractivity contribution < 1.29 is 13.2 Å². The second-order valence-corrected chi connectivity index (χ2v) is 6.52. The molecule has 110 valence electrons. The van der Waals surface area contributed by atoms with Crippen LogP contribution in [0, 0.1) is 0 Å². The predicted octanol–water partition coefficient (Wildman–Crippen LogP) is 2.93. The molecule has 0 aliphatic heterocycles. The van der Waals surface area contributed by atoms with Gasteiger partial charge in [0.2, 0.25) is 0 Å². The third-order valence-corrected chi connectivity index (χ3v) is 4.48. The first-order chi connectivity index (χ1) is 9.79. The van der Waals surface area contributed by atoms with Crippen molar-refractivity contribution >= 4 is 38.8 Å². The molecule has 0 amide bonds. The average molecular weight is 325 g/mol. The van der Waals surface area contributed by atoms with Crippen LogP contribution in [-0.2, 0) is 10.0 Å². The summed E-state index contributed by atoms with van der Waals surface area (Å²) in [7, 11) is -3.85. The Bertz CT molecular complexity index is 804. The Kier molecular flexibility index (Phi) is 4.20. The van der Waals surface area contributed by atoms with E-state index in [1.165, 1.54) is 37.3 Å². The first-order valence-corrected chi connectivity index (χ1v) is 7.84. The molecule has 0 spiro atoms. The Morgan fingerprint density at radius 2 is 1.90 bits per heavy atom. The summed E-state index contributed by atoms with van der Waals surface area (Å²) in [4.78, 5) is 11.3.